The second-order valence-electron chi connectivity index (χ2n) is 7.29. The van der Waals surface area contributed by atoms with Crippen LogP contribution in [0.15, 0.2) is 66.7 Å². The minimum atomic E-state index is -0.661. The number of hydrogen-bond donors (Lipinski definition) is 3. The summed E-state index contributed by atoms with van der Waals surface area (Å²) in [4.78, 5) is 25.4. The highest BCUT2D eigenvalue weighted by molar-refractivity contribution is 6.30. The van der Waals surface area contributed by atoms with E-state index in [0.29, 0.717) is 17.1 Å². The smallest absolute Gasteiger partial charge is 0.319 e. The summed E-state index contributed by atoms with van der Waals surface area (Å²) in [5, 5.41) is 9.09. The van der Waals surface area contributed by atoms with E-state index in [2.05, 4.69) is 34.1 Å². The molecule has 3 N–H and O–H groups in total. The summed E-state index contributed by atoms with van der Waals surface area (Å²) in [6, 6.07) is 20.0. The van der Waals surface area contributed by atoms with E-state index in [9.17, 15) is 9.59 Å². The Kier molecular flexibility index (Phi) is 4.25. The summed E-state index contributed by atoms with van der Waals surface area (Å²) in [6.07, 6.45) is 0.496. The zero-order chi connectivity index (χ0) is 20.0. The van der Waals surface area contributed by atoms with Crippen LogP contribution in [0.4, 0.5) is 16.2 Å². The van der Waals surface area contributed by atoms with Crippen molar-refractivity contribution in [3.05, 3.63) is 82.9 Å². The van der Waals surface area contributed by atoms with Crippen molar-refractivity contribution < 1.29 is 9.59 Å². The van der Waals surface area contributed by atoms with Gasteiger partial charge in [-0.2, -0.15) is 0 Å². The van der Waals surface area contributed by atoms with E-state index >= 15 is 0 Å². The first kappa shape index (κ1) is 17.8. The molecule has 0 aromatic heterocycles. The first-order valence-electron chi connectivity index (χ1n) is 9.46. The van der Waals surface area contributed by atoms with Gasteiger partial charge in [0.05, 0.1) is 0 Å². The average molecular weight is 404 g/mol. The van der Waals surface area contributed by atoms with Crippen LogP contribution in [0.5, 0.6) is 0 Å². The van der Waals surface area contributed by atoms with Crippen LogP contribution in [0.2, 0.25) is 5.02 Å². The predicted octanol–water partition coefficient (Wildman–Crippen LogP) is 4.98. The van der Waals surface area contributed by atoms with Gasteiger partial charge in [-0.25, -0.2) is 4.79 Å². The fraction of sp³-hybridized carbons (Fsp3) is 0.130. The van der Waals surface area contributed by atoms with Gasteiger partial charge in [0.15, 0.2) is 0 Å². The number of benzene rings is 3. The van der Waals surface area contributed by atoms with E-state index in [4.69, 9.17) is 11.6 Å². The normalized spacial score (nSPS) is 18.9. The number of carbonyl (C=O) groups excluding carboxylic acids is 2. The van der Waals surface area contributed by atoms with Crippen LogP contribution in [-0.2, 0) is 4.79 Å². The van der Waals surface area contributed by atoms with Crippen molar-refractivity contribution in [2.75, 3.05) is 10.6 Å². The van der Waals surface area contributed by atoms with Crippen LogP contribution >= 0.6 is 11.6 Å². The van der Waals surface area contributed by atoms with Crippen LogP contribution in [0.1, 0.15) is 23.5 Å². The largest absolute Gasteiger partial charge is 0.326 e. The average Bonchev–Trinajstić information content (AvgIpc) is 2.94. The van der Waals surface area contributed by atoms with Crippen molar-refractivity contribution >= 4 is 34.9 Å². The fourth-order valence-electron chi connectivity index (χ4n) is 4.31. The van der Waals surface area contributed by atoms with Crippen molar-refractivity contribution in [3.8, 4) is 11.1 Å². The van der Waals surface area contributed by atoms with Crippen LogP contribution in [-0.4, -0.2) is 18.0 Å². The van der Waals surface area contributed by atoms with Gasteiger partial charge < -0.3 is 16.0 Å². The predicted molar refractivity (Wildman–Crippen MR) is 114 cm³/mol. The topological polar surface area (TPSA) is 70.2 Å². The molecule has 2 atom stereocenters. The maximum Gasteiger partial charge on any atom is 0.319 e. The Labute approximate surface area is 173 Å². The molecule has 2 unspecified atom stereocenters. The van der Waals surface area contributed by atoms with Crippen LogP contribution < -0.4 is 16.0 Å². The Morgan fingerprint density at radius 2 is 1.79 bits per heavy atom. The van der Waals surface area contributed by atoms with Crippen LogP contribution in [0.25, 0.3) is 11.1 Å². The Balaban J connectivity index is 1.43. The number of amides is 3. The minimum Gasteiger partial charge on any atom is -0.326 e. The van der Waals surface area contributed by atoms with E-state index in [1.807, 2.05) is 24.3 Å². The molecule has 3 amide bonds. The lowest BCUT2D eigenvalue weighted by Gasteiger charge is -2.19. The molecule has 1 aliphatic carbocycles. The molecule has 3 aromatic carbocycles. The monoisotopic (exact) mass is 403 g/mol. The Morgan fingerprint density at radius 3 is 2.66 bits per heavy atom. The Bertz CT molecular complexity index is 1140. The van der Waals surface area contributed by atoms with E-state index in [-0.39, 0.29) is 11.8 Å². The maximum atomic E-state index is 12.8. The van der Waals surface area contributed by atoms with Crippen molar-refractivity contribution in [2.24, 2.45) is 0 Å². The van der Waals surface area contributed by atoms with Gasteiger partial charge in [0.25, 0.3) is 0 Å². The molecule has 0 saturated carbocycles. The van der Waals surface area contributed by atoms with E-state index < -0.39 is 12.1 Å². The molecule has 5 nitrogen and oxygen atoms in total. The van der Waals surface area contributed by atoms with Gasteiger partial charge >= 0.3 is 6.03 Å². The summed E-state index contributed by atoms with van der Waals surface area (Å²) >= 11 is 5.97. The molecule has 2 aliphatic rings. The molecule has 1 aliphatic heterocycles. The van der Waals surface area contributed by atoms with E-state index in [1.165, 1.54) is 11.1 Å². The maximum absolute atomic E-state index is 12.8. The molecule has 0 spiro atoms. The minimum absolute atomic E-state index is 0.0489. The molecular formula is C23H18ClN3O2. The lowest BCUT2D eigenvalue weighted by atomic mass is 9.90. The fourth-order valence-corrected chi connectivity index (χ4v) is 4.50. The number of carbonyl (C=O) groups is 2. The molecule has 0 saturated heterocycles. The molecule has 0 bridgehead atoms. The Hall–Kier alpha value is -3.31. The molecule has 6 heteroatoms. The second kappa shape index (κ2) is 6.94. The highest BCUT2D eigenvalue weighted by Crippen LogP contribution is 2.50. The number of halogens is 1. The summed E-state index contributed by atoms with van der Waals surface area (Å²) in [5.41, 5.74) is 6.03. The third-order valence-electron chi connectivity index (χ3n) is 5.51. The Morgan fingerprint density at radius 1 is 1.00 bits per heavy atom. The molecule has 3 aromatic rings. The van der Waals surface area contributed by atoms with Gasteiger partial charge in [-0.15, -0.1) is 0 Å². The molecule has 0 fully saturated rings. The lowest BCUT2D eigenvalue weighted by molar-refractivity contribution is -0.118. The van der Waals surface area contributed by atoms with Gasteiger partial charge in [0.1, 0.15) is 6.04 Å². The number of fused-ring (bicyclic) bond motifs is 3. The molecule has 29 heavy (non-hydrogen) atoms. The highest BCUT2D eigenvalue weighted by atomic mass is 35.5. The quantitative estimate of drug-likeness (QED) is 0.564. The van der Waals surface area contributed by atoms with Crippen molar-refractivity contribution in [1.82, 2.24) is 5.32 Å². The zero-order valence-electron chi connectivity index (χ0n) is 15.4. The van der Waals surface area contributed by atoms with Gasteiger partial charge in [-0.3, -0.25) is 4.79 Å². The first-order valence-corrected chi connectivity index (χ1v) is 9.84. The highest BCUT2D eigenvalue weighted by Gasteiger charge is 2.38. The van der Waals surface area contributed by atoms with Gasteiger partial charge in [-0.1, -0.05) is 54.1 Å². The summed E-state index contributed by atoms with van der Waals surface area (Å²) in [7, 11) is 0. The van der Waals surface area contributed by atoms with Crippen LogP contribution in [0.3, 0.4) is 0 Å². The third kappa shape index (κ3) is 3.13. The summed E-state index contributed by atoms with van der Waals surface area (Å²) in [5.74, 6) is -0.167. The number of hydrogen-bond acceptors (Lipinski definition) is 2. The molecule has 0 radical (unpaired) electrons. The molecule has 1 heterocycles. The van der Waals surface area contributed by atoms with Gasteiger partial charge in [0, 0.05) is 22.3 Å². The van der Waals surface area contributed by atoms with Gasteiger partial charge in [0.2, 0.25) is 5.91 Å². The zero-order valence-corrected chi connectivity index (χ0v) is 16.2. The second-order valence-corrected chi connectivity index (χ2v) is 7.73. The number of anilines is 2. The van der Waals surface area contributed by atoms with Crippen molar-refractivity contribution in [2.45, 2.75) is 18.4 Å². The number of nitrogens with one attached hydrogen (secondary N) is 3. The standard InChI is InChI=1S/C23H18ClN3O2/c24-13-5-3-6-14(11-13)25-23(29)27-20-12-18-16-8-2-1-7-15(16)17-9-4-10-19(21(17)18)26-22(20)28/h1-11,18,20H,12H2,(H,26,28)(H2,25,27,29). The van der Waals surface area contributed by atoms with Crippen molar-refractivity contribution in [3.63, 3.8) is 0 Å². The van der Waals surface area contributed by atoms with E-state index in [0.717, 1.165) is 16.8 Å². The van der Waals surface area contributed by atoms with Gasteiger partial charge in [-0.05, 0) is 52.9 Å². The molecular weight excluding hydrogens is 386 g/mol. The first-order chi connectivity index (χ1) is 14.1. The number of urea groups is 1. The number of rotatable bonds is 2. The van der Waals surface area contributed by atoms with E-state index in [1.54, 1.807) is 24.3 Å². The summed E-state index contributed by atoms with van der Waals surface area (Å²) in [6.45, 7) is 0. The lowest BCUT2D eigenvalue weighted by Crippen LogP contribution is -2.45. The molecule has 144 valence electrons. The SMILES string of the molecule is O=C(Nc1cccc(Cl)c1)NC1CC2c3ccccc3-c3cccc(c32)NC1=O. The van der Waals surface area contributed by atoms with Crippen molar-refractivity contribution in [1.29, 1.82) is 0 Å². The molecule has 5 rings (SSSR count). The van der Waals surface area contributed by atoms with Crippen LogP contribution in [0, 0.1) is 0 Å². The third-order valence-corrected chi connectivity index (χ3v) is 5.75. The summed E-state index contributed by atoms with van der Waals surface area (Å²) < 4.78 is 0.